The maximum absolute atomic E-state index is 12.7. The highest BCUT2D eigenvalue weighted by atomic mass is 16.5. The summed E-state index contributed by atoms with van der Waals surface area (Å²) < 4.78 is 11.3. The number of rotatable bonds is 6. The third kappa shape index (κ3) is 5.47. The van der Waals surface area contributed by atoms with Gasteiger partial charge in [0.05, 0.1) is 6.61 Å². The third-order valence-corrected chi connectivity index (χ3v) is 4.17. The summed E-state index contributed by atoms with van der Waals surface area (Å²) in [4.78, 5) is 12.7. The first-order valence-corrected chi connectivity index (χ1v) is 9.43. The lowest BCUT2D eigenvalue weighted by Gasteiger charge is -2.22. The fourth-order valence-corrected chi connectivity index (χ4v) is 2.71. The second-order valence-corrected chi connectivity index (χ2v) is 7.70. The molecular weight excluding hydrogens is 350 g/mol. The van der Waals surface area contributed by atoms with Crippen molar-refractivity contribution in [2.24, 2.45) is 0 Å². The number of carbonyl (C=O) groups is 1. The van der Waals surface area contributed by atoms with E-state index in [0.29, 0.717) is 23.7 Å². The summed E-state index contributed by atoms with van der Waals surface area (Å²) in [6.07, 6.45) is 2.38. The van der Waals surface area contributed by atoms with Crippen LogP contribution in [0.25, 0.3) is 6.08 Å². The van der Waals surface area contributed by atoms with Gasteiger partial charge in [0.15, 0.2) is 0 Å². The molecule has 0 atom stereocenters. The van der Waals surface area contributed by atoms with Crippen LogP contribution in [0.1, 0.15) is 50.8 Å². The number of esters is 1. The highest BCUT2D eigenvalue weighted by molar-refractivity contribution is 5.99. The lowest BCUT2D eigenvalue weighted by atomic mass is 9.85. The number of benzene rings is 2. The Labute approximate surface area is 167 Å². The summed E-state index contributed by atoms with van der Waals surface area (Å²) in [6.45, 7) is 10.7. The molecule has 0 aromatic heterocycles. The molecule has 4 heteroatoms. The predicted octanol–water partition coefficient (Wildman–Crippen LogP) is 5.59. The van der Waals surface area contributed by atoms with E-state index in [1.807, 2.05) is 56.3 Å². The van der Waals surface area contributed by atoms with E-state index in [1.165, 1.54) is 6.08 Å². The van der Waals surface area contributed by atoms with Crippen LogP contribution in [0.5, 0.6) is 11.5 Å². The number of para-hydroxylation sites is 1. The van der Waals surface area contributed by atoms with E-state index < -0.39 is 5.97 Å². The van der Waals surface area contributed by atoms with Crippen molar-refractivity contribution in [3.8, 4) is 17.6 Å². The number of hydrogen-bond acceptors (Lipinski definition) is 4. The minimum atomic E-state index is -0.679. The van der Waals surface area contributed by atoms with Crippen LogP contribution in [-0.4, -0.2) is 12.6 Å². The second kappa shape index (κ2) is 9.23. The average molecular weight is 377 g/mol. The van der Waals surface area contributed by atoms with Crippen molar-refractivity contribution >= 4 is 12.0 Å². The predicted molar refractivity (Wildman–Crippen MR) is 111 cm³/mol. The van der Waals surface area contributed by atoms with Gasteiger partial charge in [-0.15, -0.1) is 0 Å². The Kier molecular flexibility index (Phi) is 7.00. The molecule has 4 nitrogen and oxygen atoms in total. The molecule has 0 unspecified atom stereocenters. The first-order valence-electron chi connectivity index (χ1n) is 9.43. The molecule has 0 aliphatic carbocycles. The lowest BCUT2D eigenvalue weighted by molar-refractivity contribution is -0.129. The lowest BCUT2D eigenvalue weighted by Crippen LogP contribution is -2.17. The Bertz CT molecular complexity index is 914. The van der Waals surface area contributed by atoms with Crippen LogP contribution in [0.15, 0.2) is 48.0 Å². The van der Waals surface area contributed by atoms with E-state index in [4.69, 9.17) is 9.47 Å². The van der Waals surface area contributed by atoms with Crippen LogP contribution in [0.4, 0.5) is 0 Å². The van der Waals surface area contributed by atoms with Crippen molar-refractivity contribution in [3.05, 3.63) is 64.7 Å². The molecule has 0 spiro atoms. The van der Waals surface area contributed by atoms with Gasteiger partial charge in [-0.1, -0.05) is 63.6 Å². The smallest absolute Gasteiger partial charge is 0.354 e. The highest BCUT2D eigenvalue weighted by Gasteiger charge is 2.22. The topological polar surface area (TPSA) is 59.3 Å². The Balaban J connectivity index is 2.34. The summed E-state index contributed by atoms with van der Waals surface area (Å²) in [5.41, 5.74) is 2.41. The number of nitrogens with zero attached hydrogens (tertiary/aromatic N) is 1. The van der Waals surface area contributed by atoms with Gasteiger partial charge in [-0.2, -0.15) is 5.26 Å². The van der Waals surface area contributed by atoms with Gasteiger partial charge in [0.25, 0.3) is 0 Å². The van der Waals surface area contributed by atoms with Crippen LogP contribution in [-0.2, 0) is 10.2 Å². The maximum Gasteiger partial charge on any atom is 0.354 e. The van der Waals surface area contributed by atoms with Crippen LogP contribution in [0.2, 0.25) is 0 Å². The van der Waals surface area contributed by atoms with E-state index in [-0.39, 0.29) is 11.0 Å². The van der Waals surface area contributed by atoms with E-state index in [0.717, 1.165) is 17.5 Å². The number of nitriles is 1. The van der Waals surface area contributed by atoms with Gasteiger partial charge in [-0.05, 0) is 37.0 Å². The Morgan fingerprint density at radius 1 is 1.14 bits per heavy atom. The molecule has 0 saturated heterocycles. The molecule has 2 aromatic rings. The number of aryl methyl sites for hydroxylation is 1. The van der Waals surface area contributed by atoms with Crippen LogP contribution < -0.4 is 9.47 Å². The monoisotopic (exact) mass is 377 g/mol. The zero-order valence-electron chi connectivity index (χ0n) is 17.2. The maximum atomic E-state index is 12.7. The molecule has 0 aliphatic heterocycles. The molecule has 0 radical (unpaired) electrons. The van der Waals surface area contributed by atoms with Gasteiger partial charge in [-0.3, -0.25) is 0 Å². The van der Waals surface area contributed by atoms with Crippen molar-refractivity contribution in [2.75, 3.05) is 6.61 Å². The van der Waals surface area contributed by atoms with Crippen molar-refractivity contribution in [1.82, 2.24) is 0 Å². The minimum Gasteiger partial charge on any atom is -0.493 e. The molecule has 2 aromatic carbocycles. The molecule has 0 aliphatic rings. The average Bonchev–Trinajstić information content (AvgIpc) is 2.65. The van der Waals surface area contributed by atoms with Crippen LogP contribution in [0, 0.1) is 18.3 Å². The summed E-state index contributed by atoms with van der Waals surface area (Å²) >= 11 is 0. The molecule has 0 bridgehead atoms. The van der Waals surface area contributed by atoms with Crippen molar-refractivity contribution in [2.45, 2.75) is 46.5 Å². The van der Waals surface area contributed by atoms with Gasteiger partial charge in [0, 0.05) is 11.1 Å². The largest absolute Gasteiger partial charge is 0.493 e. The number of hydrogen-bond donors (Lipinski definition) is 0. The second-order valence-electron chi connectivity index (χ2n) is 7.70. The molecule has 146 valence electrons. The van der Waals surface area contributed by atoms with Gasteiger partial charge in [0.2, 0.25) is 0 Å². The van der Waals surface area contributed by atoms with Gasteiger partial charge >= 0.3 is 5.97 Å². The van der Waals surface area contributed by atoms with Crippen molar-refractivity contribution in [1.29, 1.82) is 5.26 Å². The first kappa shape index (κ1) is 21.2. The zero-order valence-corrected chi connectivity index (χ0v) is 17.2. The van der Waals surface area contributed by atoms with E-state index in [2.05, 4.69) is 20.8 Å². The summed E-state index contributed by atoms with van der Waals surface area (Å²) in [7, 11) is 0. The van der Waals surface area contributed by atoms with Gasteiger partial charge in [0.1, 0.15) is 23.1 Å². The summed E-state index contributed by atoms with van der Waals surface area (Å²) in [5, 5.41) is 9.52. The highest BCUT2D eigenvalue weighted by Crippen LogP contribution is 2.32. The summed E-state index contributed by atoms with van der Waals surface area (Å²) in [5.74, 6) is 0.428. The van der Waals surface area contributed by atoms with Crippen LogP contribution in [0.3, 0.4) is 0 Å². The third-order valence-electron chi connectivity index (χ3n) is 4.17. The van der Waals surface area contributed by atoms with Crippen molar-refractivity contribution < 1.29 is 14.3 Å². The molecule has 0 fully saturated rings. The van der Waals surface area contributed by atoms with Crippen LogP contribution >= 0.6 is 0 Å². The van der Waals surface area contributed by atoms with Gasteiger partial charge in [-0.25, -0.2) is 4.79 Å². The first-order chi connectivity index (χ1) is 13.3. The standard InChI is InChI=1S/C24H27NO3/c1-6-13-27-21-10-8-7-9-18(21)15-19(16-25)23(26)28-22-12-11-17(2)14-20(22)24(3,4)5/h7-12,14-15H,6,13H2,1-5H3/b19-15+. The Hall–Kier alpha value is -3.06. The number of ether oxygens (including phenoxy) is 2. The van der Waals surface area contributed by atoms with Gasteiger partial charge < -0.3 is 9.47 Å². The van der Waals surface area contributed by atoms with E-state index in [1.54, 1.807) is 6.07 Å². The molecule has 0 N–H and O–H groups in total. The molecule has 0 heterocycles. The normalized spacial score (nSPS) is 11.6. The quantitative estimate of drug-likeness (QED) is 0.285. The molecule has 0 saturated carbocycles. The Morgan fingerprint density at radius 2 is 1.86 bits per heavy atom. The Morgan fingerprint density at radius 3 is 2.50 bits per heavy atom. The molecular formula is C24H27NO3. The zero-order chi connectivity index (χ0) is 20.7. The molecule has 0 amide bonds. The number of carbonyl (C=O) groups excluding carboxylic acids is 1. The molecule has 2 rings (SSSR count). The van der Waals surface area contributed by atoms with E-state index in [9.17, 15) is 10.1 Å². The molecule has 28 heavy (non-hydrogen) atoms. The SMILES string of the molecule is CCCOc1ccccc1/C=C(\C#N)C(=O)Oc1ccc(C)cc1C(C)(C)C. The van der Waals surface area contributed by atoms with Crippen molar-refractivity contribution in [3.63, 3.8) is 0 Å². The van der Waals surface area contributed by atoms with E-state index >= 15 is 0 Å². The summed E-state index contributed by atoms with van der Waals surface area (Å²) in [6, 6.07) is 14.9. The fourth-order valence-electron chi connectivity index (χ4n) is 2.71. The minimum absolute atomic E-state index is 0.0759. The fraction of sp³-hybridized carbons (Fsp3) is 0.333.